The molecule has 0 bridgehead atoms. The van der Waals surface area contributed by atoms with Crippen LogP contribution in [0.2, 0.25) is 0 Å². The minimum absolute atomic E-state index is 0.347. The van der Waals surface area contributed by atoms with Gasteiger partial charge in [0.1, 0.15) is 5.75 Å². The summed E-state index contributed by atoms with van der Waals surface area (Å²) < 4.78 is 6.94. The third-order valence-corrected chi connectivity index (χ3v) is 3.54. The van der Waals surface area contributed by atoms with Crippen LogP contribution in [0.3, 0.4) is 0 Å². The van der Waals surface area contributed by atoms with Gasteiger partial charge in [-0.25, -0.2) is 4.79 Å². The molecule has 3 nitrogen and oxygen atoms in total. The predicted octanol–water partition coefficient (Wildman–Crippen LogP) is 3.83. The maximum atomic E-state index is 10.4. The van der Waals surface area contributed by atoms with Gasteiger partial charge in [0.15, 0.2) is 6.61 Å². The molecule has 0 heterocycles. The average molecular weight is 360 g/mol. The lowest BCUT2D eigenvalue weighted by atomic mass is 10.1. The van der Waals surface area contributed by atoms with E-state index >= 15 is 0 Å². The van der Waals surface area contributed by atoms with Crippen LogP contribution in [0.1, 0.15) is 0 Å². The Balaban J connectivity index is 2.43. The van der Waals surface area contributed by atoms with Gasteiger partial charge in [0.25, 0.3) is 0 Å². The minimum Gasteiger partial charge on any atom is -0.481 e. The molecule has 0 spiro atoms. The second kappa shape index (κ2) is 5.06. The van der Waals surface area contributed by atoms with E-state index in [1.54, 1.807) is 6.07 Å². The molecule has 2 aromatic rings. The Labute approximate surface area is 115 Å². The fourth-order valence-electron chi connectivity index (χ4n) is 1.49. The first-order valence-corrected chi connectivity index (χ1v) is 6.39. The highest BCUT2D eigenvalue weighted by Crippen LogP contribution is 2.34. The monoisotopic (exact) mass is 358 g/mol. The minimum atomic E-state index is -0.993. The maximum absolute atomic E-state index is 10.4. The molecule has 0 atom stereocenters. The Morgan fingerprint density at radius 1 is 1.24 bits per heavy atom. The predicted molar refractivity (Wildman–Crippen MR) is 72.5 cm³/mol. The third-order valence-electron chi connectivity index (χ3n) is 2.23. The first kappa shape index (κ1) is 12.4. The van der Waals surface area contributed by atoms with Crippen molar-refractivity contribution < 1.29 is 14.6 Å². The Bertz CT molecular complexity index is 581. The van der Waals surface area contributed by atoms with Crippen LogP contribution in [0, 0.1) is 0 Å². The lowest BCUT2D eigenvalue weighted by molar-refractivity contribution is -0.139. The van der Waals surface area contributed by atoms with Crippen LogP contribution in [0.25, 0.3) is 10.8 Å². The Morgan fingerprint density at radius 3 is 2.71 bits per heavy atom. The highest BCUT2D eigenvalue weighted by Gasteiger charge is 2.08. The molecule has 0 unspecified atom stereocenters. The number of aliphatic carboxylic acids is 1. The van der Waals surface area contributed by atoms with Crippen LogP contribution < -0.4 is 4.74 Å². The highest BCUT2D eigenvalue weighted by molar-refractivity contribution is 9.11. The van der Waals surface area contributed by atoms with E-state index in [2.05, 4.69) is 31.9 Å². The van der Waals surface area contributed by atoms with Gasteiger partial charge in [-0.3, -0.25) is 0 Å². The van der Waals surface area contributed by atoms with E-state index in [1.807, 2.05) is 24.3 Å². The Morgan fingerprint density at radius 2 is 2.00 bits per heavy atom. The number of hydrogen-bond acceptors (Lipinski definition) is 2. The number of carbonyl (C=O) groups is 1. The Hall–Kier alpha value is -1.07. The molecular weight excluding hydrogens is 352 g/mol. The van der Waals surface area contributed by atoms with E-state index < -0.39 is 5.97 Å². The number of hydrogen-bond donors (Lipinski definition) is 1. The van der Waals surface area contributed by atoms with Crippen molar-refractivity contribution in [2.24, 2.45) is 0 Å². The lowest BCUT2D eigenvalue weighted by Crippen LogP contribution is -2.09. The molecule has 17 heavy (non-hydrogen) atoms. The number of halogens is 2. The smallest absolute Gasteiger partial charge is 0.341 e. The summed E-state index contributed by atoms with van der Waals surface area (Å²) in [6.45, 7) is -0.347. The van der Waals surface area contributed by atoms with Crippen LogP contribution in [-0.2, 0) is 4.79 Å². The van der Waals surface area contributed by atoms with Crippen molar-refractivity contribution >= 4 is 48.6 Å². The third kappa shape index (κ3) is 2.79. The zero-order valence-corrected chi connectivity index (χ0v) is 11.8. The van der Waals surface area contributed by atoms with Crippen LogP contribution in [0.15, 0.2) is 39.3 Å². The summed E-state index contributed by atoms with van der Waals surface area (Å²) in [5, 5.41) is 10.6. The summed E-state index contributed by atoms with van der Waals surface area (Å²) in [7, 11) is 0. The molecule has 0 aliphatic carbocycles. The van der Waals surface area contributed by atoms with Crippen molar-refractivity contribution in [2.45, 2.75) is 0 Å². The molecule has 0 amide bonds. The highest BCUT2D eigenvalue weighted by atomic mass is 79.9. The second-order valence-corrected chi connectivity index (χ2v) is 5.13. The van der Waals surface area contributed by atoms with Gasteiger partial charge in [-0.2, -0.15) is 0 Å². The molecule has 0 aliphatic heterocycles. The number of fused-ring (bicyclic) bond motifs is 1. The van der Waals surface area contributed by atoms with Crippen molar-refractivity contribution in [3.8, 4) is 5.75 Å². The number of carboxylic acids is 1. The zero-order valence-electron chi connectivity index (χ0n) is 8.61. The summed E-state index contributed by atoms with van der Waals surface area (Å²) in [5.41, 5.74) is 0. The van der Waals surface area contributed by atoms with Gasteiger partial charge in [-0.1, -0.05) is 28.1 Å². The van der Waals surface area contributed by atoms with Gasteiger partial charge >= 0.3 is 5.97 Å². The topological polar surface area (TPSA) is 46.5 Å². The SMILES string of the molecule is O=C(O)COc1ccc2cc(Br)ccc2c1Br. The molecular formula is C12H8Br2O3. The molecule has 0 saturated heterocycles. The normalized spacial score (nSPS) is 10.5. The van der Waals surface area contributed by atoms with E-state index in [9.17, 15) is 4.79 Å². The first-order chi connectivity index (χ1) is 8.08. The lowest BCUT2D eigenvalue weighted by Gasteiger charge is -2.08. The van der Waals surface area contributed by atoms with E-state index in [0.29, 0.717) is 5.75 Å². The zero-order chi connectivity index (χ0) is 12.4. The average Bonchev–Trinajstić information content (AvgIpc) is 2.27. The van der Waals surface area contributed by atoms with Crippen LogP contribution >= 0.6 is 31.9 Å². The molecule has 1 N–H and O–H groups in total. The summed E-state index contributed by atoms with van der Waals surface area (Å²) in [6.07, 6.45) is 0. The van der Waals surface area contributed by atoms with Crippen molar-refractivity contribution in [2.75, 3.05) is 6.61 Å². The summed E-state index contributed by atoms with van der Waals surface area (Å²) in [4.78, 5) is 10.4. The van der Waals surface area contributed by atoms with E-state index in [4.69, 9.17) is 9.84 Å². The molecule has 0 saturated carbocycles. The number of ether oxygens (including phenoxy) is 1. The fourth-order valence-corrected chi connectivity index (χ4v) is 2.48. The van der Waals surface area contributed by atoms with E-state index in [-0.39, 0.29) is 6.61 Å². The second-order valence-electron chi connectivity index (χ2n) is 3.43. The van der Waals surface area contributed by atoms with Crippen molar-refractivity contribution in [1.29, 1.82) is 0 Å². The molecule has 5 heteroatoms. The largest absolute Gasteiger partial charge is 0.481 e. The van der Waals surface area contributed by atoms with Gasteiger partial charge in [0.2, 0.25) is 0 Å². The molecule has 0 fully saturated rings. The van der Waals surface area contributed by atoms with Crippen LogP contribution in [0.5, 0.6) is 5.75 Å². The fraction of sp³-hybridized carbons (Fsp3) is 0.0833. The molecule has 0 aromatic heterocycles. The summed E-state index contributed by atoms with van der Waals surface area (Å²) in [5.74, 6) is -0.463. The number of rotatable bonds is 3. The van der Waals surface area contributed by atoms with Crippen molar-refractivity contribution in [3.63, 3.8) is 0 Å². The van der Waals surface area contributed by atoms with Gasteiger partial charge in [-0.05, 0) is 44.9 Å². The van der Waals surface area contributed by atoms with Gasteiger partial charge in [0, 0.05) is 4.47 Å². The van der Waals surface area contributed by atoms with Gasteiger partial charge in [-0.15, -0.1) is 0 Å². The molecule has 2 aromatic carbocycles. The summed E-state index contributed by atoms with van der Waals surface area (Å²) in [6, 6.07) is 9.50. The molecule has 0 aliphatic rings. The number of carboxylic acid groups (broad SMARTS) is 1. The maximum Gasteiger partial charge on any atom is 0.341 e. The van der Waals surface area contributed by atoms with Crippen LogP contribution in [0.4, 0.5) is 0 Å². The van der Waals surface area contributed by atoms with Crippen molar-refractivity contribution in [1.82, 2.24) is 0 Å². The van der Waals surface area contributed by atoms with Crippen molar-refractivity contribution in [3.05, 3.63) is 39.3 Å². The molecule has 0 radical (unpaired) electrons. The standard InChI is InChI=1S/C12H8Br2O3/c13-8-2-3-9-7(5-8)1-4-10(12(9)14)17-6-11(15)16/h1-5H,6H2,(H,15,16). The van der Waals surface area contributed by atoms with E-state index in [0.717, 1.165) is 19.7 Å². The quantitative estimate of drug-likeness (QED) is 0.905. The molecule has 88 valence electrons. The van der Waals surface area contributed by atoms with Gasteiger partial charge < -0.3 is 9.84 Å². The first-order valence-electron chi connectivity index (χ1n) is 4.80. The summed E-state index contributed by atoms with van der Waals surface area (Å²) >= 11 is 6.82. The van der Waals surface area contributed by atoms with Crippen LogP contribution in [-0.4, -0.2) is 17.7 Å². The van der Waals surface area contributed by atoms with E-state index in [1.165, 1.54) is 0 Å². The molecule has 2 rings (SSSR count). The van der Waals surface area contributed by atoms with Gasteiger partial charge in [0.05, 0.1) is 4.47 Å². The Kier molecular flexibility index (Phi) is 3.69. The number of benzene rings is 2.